The summed E-state index contributed by atoms with van der Waals surface area (Å²) in [7, 11) is 0. The van der Waals surface area contributed by atoms with E-state index < -0.39 is 0 Å². The zero-order valence-corrected chi connectivity index (χ0v) is 13.5. The van der Waals surface area contributed by atoms with Gasteiger partial charge in [-0.2, -0.15) is 0 Å². The molecule has 1 aliphatic heterocycles. The lowest BCUT2D eigenvalue weighted by molar-refractivity contribution is 0.0794. The second-order valence-electron chi connectivity index (χ2n) is 6.10. The summed E-state index contributed by atoms with van der Waals surface area (Å²) in [4.78, 5) is 12.9. The van der Waals surface area contributed by atoms with E-state index >= 15 is 0 Å². The molecule has 2 rings (SSSR count). The molecule has 1 aromatic carbocycles. The van der Waals surface area contributed by atoms with Crippen LogP contribution in [0.4, 0.5) is 0 Å². The predicted molar refractivity (Wildman–Crippen MR) is 84.8 cm³/mol. The lowest BCUT2D eigenvalue weighted by Gasteiger charge is -2.27. The third-order valence-corrected chi connectivity index (χ3v) is 4.85. The summed E-state index contributed by atoms with van der Waals surface area (Å²) in [6.07, 6.45) is 2.89. The minimum atomic E-state index is -0.276. The van der Waals surface area contributed by atoms with Gasteiger partial charge in [-0.1, -0.05) is 37.0 Å². The first-order valence-corrected chi connectivity index (χ1v) is 7.91. The van der Waals surface area contributed by atoms with Crippen molar-refractivity contribution in [3.05, 3.63) is 33.8 Å². The number of ketones is 1. The van der Waals surface area contributed by atoms with Gasteiger partial charge in [0.1, 0.15) is 0 Å². The van der Waals surface area contributed by atoms with E-state index in [4.69, 9.17) is 23.2 Å². The van der Waals surface area contributed by atoms with Gasteiger partial charge in [0.15, 0.2) is 5.78 Å². The van der Waals surface area contributed by atoms with Crippen molar-refractivity contribution in [3.63, 3.8) is 0 Å². The Morgan fingerprint density at radius 1 is 1.35 bits per heavy atom. The molecule has 1 saturated heterocycles. The van der Waals surface area contributed by atoms with Crippen molar-refractivity contribution in [2.45, 2.75) is 33.1 Å². The lowest BCUT2D eigenvalue weighted by Crippen LogP contribution is -2.34. The molecule has 20 heavy (non-hydrogen) atoms. The van der Waals surface area contributed by atoms with Gasteiger partial charge in [-0.05, 0) is 49.9 Å². The van der Waals surface area contributed by atoms with E-state index in [0.29, 0.717) is 21.5 Å². The minimum absolute atomic E-state index is 0.196. The van der Waals surface area contributed by atoms with Crippen LogP contribution in [0.5, 0.6) is 0 Å². The fourth-order valence-corrected chi connectivity index (χ4v) is 3.07. The van der Waals surface area contributed by atoms with E-state index in [1.807, 2.05) is 0 Å². The molecule has 1 heterocycles. The molecule has 0 radical (unpaired) electrons. The predicted octanol–water partition coefficient (Wildman–Crippen LogP) is 4.59. The Bertz CT molecular complexity index is 493. The van der Waals surface area contributed by atoms with Gasteiger partial charge in [0.05, 0.1) is 10.0 Å². The van der Waals surface area contributed by atoms with Crippen LogP contribution < -0.4 is 5.32 Å². The summed E-state index contributed by atoms with van der Waals surface area (Å²) in [6, 6.07) is 5.18. The van der Waals surface area contributed by atoms with Crippen molar-refractivity contribution in [2.75, 3.05) is 13.1 Å². The van der Waals surface area contributed by atoms with E-state index in [9.17, 15) is 4.79 Å². The van der Waals surface area contributed by atoms with Crippen LogP contribution in [0, 0.1) is 11.3 Å². The van der Waals surface area contributed by atoms with Crippen LogP contribution in [0.3, 0.4) is 0 Å². The van der Waals surface area contributed by atoms with E-state index in [1.54, 1.807) is 18.2 Å². The van der Waals surface area contributed by atoms with Crippen LogP contribution in [0.25, 0.3) is 0 Å². The zero-order valence-electron chi connectivity index (χ0n) is 12.0. The minimum Gasteiger partial charge on any atom is -0.316 e. The molecular formula is C16H21Cl2NO. The third kappa shape index (κ3) is 3.36. The standard InChI is InChI=1S/C16H21Cl2NO/c1-11(2)5-6-16(7-8-19-10-16)15(20)12-3-4-13(17)14(18)9-12/h3-4,9,11,19H,5-8,10H2,1-2H3/t16-/m1/s1. The summed E-state index contributed by atoms with van der Waals surface area (Å²) in [5.74, 6) is 0.802. The number of carbonyl (C=O) groups excluding carboxylic acids is 1. The molecule has 0 bridgehead atoms. The van der Waals surface area contributed by atoms with Gasteiger partial charge >= 0.3 is 0 Å². The lowest BCUT2D eigenvalue weighted by atomic mass is 9.75. The quantitative estimate of drug-likeness (QED) is 0.805. The molecular weight excluding hydrogens is 293 g/mol. The van der Waals surface area contributed by atoms with E-state index in [1.165, 1.54) is 0 Å². The molecule has 0 unspecified atom stereocenters. The molecule has 0 aromatic heterocycles. The monoisotopic (exact) mass is 313 g/mol. The molecule has 1 fully saturated rings. The second kappa shape index (κ2) is 6.46. The van der Waals surface area contributed by atoms with Crippen LogP contribution >= 0.6 is 23.2 Å². The topological polar surface area (TPSA) is 29.1 Å². The van der Waals surface area contributed by atoms with Gasteiger partial charge < -0.3 is 5.32 Å². The van der Waals surface area contributed by atoms with Crippen molar-refractivity contribution in [3.8, 4) is 0 Å². The highest BCUT2D eigenvalue weighted by Crippen LogP contribution is 2.37. The smallest absolute Gasteiger partial charge is 0.170 e. The number of rotatable bonds is 5. The van der Waals surface area contributed by atoms with Crippen LogP contribution in [0.1, 0.15) is 43.5 Å². The summed E-state index contributed by atoms with van der Waals surface area (Å²) in [5, 5.41) is 4.27. The Balaban J connectivity index is 2.24. The molecule has 110 valence electrons. The van der Waals surface area contributed by atoms with Crippen molar-refractivity contribution in [2.24, 2.45) is 11.3 Å². The van der Waals surface area contributed by atoms with Crippen LogP contribution in [0.15, 0.2) is 18.2 Å². The first kappa shape index (κ1) is 15.8. The summed E-state index contributed by atoms with van der Waals surface area (Å²) >= 11 is 12.0. The molecule has 0 saturated carbocycles. The second-order valence-corrected chi connectivity index (χ2v) is 6.91. The fraction of sp³-hybridized carbons (Fsp3) is 0.562. The maximum Gasteiger partial charge on any atom is 0.170 e. The van der Waals surface area contributed by atoms with Gasteiger partial charge in [0.2, 0.25) is 0 Å². The molecule has 0 amide bonds. The number of benzene rings is 1. The first-order valence-electron chi connectivity index (χ1n) is 7.15. The average molecular weight is 314 g/mol. The average Bonchev–Trinajstić information content (AvgIpc) is 2.89. The van der Waals surface area contributed by atoms with E-state index in [-0.39, 0.29) is 11.2 Å². The molecule has 1 aromatic rings. The Labute approximate surface area is 130 Å². The Morgan fingerprint density at radius 2 is 2.10 bits per heavy atom. The summed E-state index contributed by atoms with van der Waals surface area (Å²) in [6.45, 7) is 6.06. The number of hydrogen-bond acceptors (Lipinski definition) is 2. The van der Waals surface area contributed by atoms with Crippen molar-refractivity contribution >= 4 is 29.0 Å². The molecule has 4 heteroatoms. The van der Waals surface area contributed by atoms with Gasteiger partial charge in [-0.3, -0.25) is 4.79 Å². The van der Waals surface area contributed by atoms with Crippen molar-refractivity contribution in [1.82, 2.24) is 5.32 Å². The summed E-state index contributed by atoms with van der Waals surface area (Å²) < 4.78 is 0. The SMILES string of the molecule is CC(C)CC[C@@]1(C(=O)c2ccc(Cl)c(Cl)c2)CCNC1. The maximum atomic E-state index is 12.9. The molecule has 0 spiro atoms. The van der Waals surface area contributed by atoms with E-state index in [0.717, 1.165) is 32.4 Å². The Morgan fingerprint density at radius 3 is 2.65 bits per heavy atom. The van der Waals surface area contributed by atoms with Crippen LogP contribution in [-0.2, 0) is 0 Å². The zero-order chi connectivity index (χ0) is 14.8. The van der Waals surface area contributed by atoms with Gasteiger partial charge in [0, 0.05) is 17.5 Å². The number of hydrogen-bond donors (Lipinski definition) is 1. The highest BCUT2D eigenvalue weighted by molar-refractivity contribution is 6.42. The number of carbonyl (C=O) groups is 1. The Hall–Kier alpha value is -0.570. The number of nitrogens with one attached hydrogen (secondary N) is 1. The highest BCUT2D eigenvalue weighted by atomic mass is 35.5. The summed E-state index contributed by atoms with van der Waals surface area (Å²) in [5.41, 5.74) is 0.397. The van der Waals surface area contributed by atoms with E-state index in [2.05, 4.69) is 19.2 Å². The van der Waals surface area contributed by atoms with Gasteiger partial charge in [-0.15, -0.1) is 0 Å². The highest BCUT2D eigenvalue weighted by Gasteiger charge is 2.41. The third-order valence-electron chi connectivity index (χ3n) is 4.11. The number of Topliss-reactive ketones (excluding diaryl/α,β-unsaturated/α-hetero) is 1. The Kier molecular flexibility index (Phi) is 5.11. The van der Waals surface area contributed by atoms with Crippen LogP contribution in [0.2, 0.25) is 10.0 Å². The normalized spacial score (nSPS) is 22.4. The molecule has 1 aliphatic rings. The molecule has 0 aliphatic carbocycles. The molecule has 2 nitrogen and oxygen atoms in total. The maximum absolute atomic E-state index is 12.9. The number of halogens is 2. The molecule has 1 atom stereocenters. The van der Waals surface area contributed by atoms with Crippen molar-refractivity contribution < 1.29 is 4.79 Å². The fourth-order valence-electron chi connectivity index (χ4n) is 2.77. The van der Waals surface area contributed by atoms with Crippen molar-refractivity contribution in [1.29, 1.82) is 0 Å². The largest absolute Gasteiger partial charge is 0.316 e. The molecule has 1 N–H and O–H groups in total. The van der Waals surface area contributed by atoms with Crippen LogP contribution in [-0.4, -0.2) is 18.9 Å². The first-order chi connectivity index (χ1) is 9.44. The van der Waals surface area contributed by atoms with Gasteiger partial charge in [-0.25, -0.2) is 0 Å². The van der Waals surface area contributed by atoms with Gasteiger partial charge in [0.25, 0.3) is 0 Å².